The van der Waals surface area contributed by atoms with E-state index in [9.17, 15) is 4.79 Å². The minimum absolute atomic E-state index is 0.141. The van der Waals surface area contributed by atoms with Gasteiger partial charge in [0.2, 0.25) is 0 Å². The van der Waals surface area contributed by atoms with Crippen molar-refractivity contribution < 1.29 is 14.3 Å². The summed E-state index contributed by atoms with van der Waals surface area (Å²) in [6.07, 6.45) is 2.94. The monoisotopic (exact) mass is 246 g/mol. The average Bonchev–Trinajstić information content (AvgIpc) is 2.39. The van der Waals surface area contributed by atoms with Crippen LogP contribution in [-0.4, -0.2) is 18.7 Å². The van der Waals surface area contributed by atoms with Crippen LogP contribution >= 0.6 is 0 Å². The van der Waals surface area contributed by atoms with E-state index in [0.29, 0.717) is 19.6 Å². The van der Waals surface area contributed by atoms with Gasteiger partial charge in [-0.2, -0.15) is 0 Å². The molecule has 0 unspecified atom stereocenters. The number of hydrogen-bond donors (Lipinski definition) is 0. The molecule has 1 aliphatic heterocycles. The molecule has 1 aromatic carbocycles. The Bertz CT molecular complexity index is 399. The van der Waals surface area contributed by atoms with E-state index in [0.717, 1.165) is 12.0 Å². The standard InChI is InChI=1S/C15H18O3/c1-2-12-8-14(18-15(16)9-12)11-17-10-13-6-4-3-5-7-13/h2-7,12,14H,1,8-11H2/t12-,14+/m0/s1. The van der Waals surface area contributed by atoms with Crippen molar-refractivity contribution >= 4 is 5.97 Å². The maximum Gasteiger partial charge on any atom is 0.306 e. The summed E-state index contributed by atoms with van der Waals surface area (Å²) < 4.78 is 10.8. The Hall–Kier alpha value is -1.61. The van der Waals surface area contributed by atoms with Crippen LogP contribution in [0.5, 0.6) is 0 Å². The van der Waals surface area contributed by atoms with Crippen molar-refractivity contribution in [2.24, 2.45) is 5.92 Å². The van der Waals surface area contributed by atoms with Gasteiger partial charge in [-0.15, -0.1) is 6.58 Å². The predicted octanol–water partition coefficient (Wildman–Crippen LogP) is 2.71. The fourth-order valence-corrected chi connectivity index (χ4v) is 2.08. The van der Waals surface area contributed by atoms with E-state index < -0.39 is 0 Å². The average molecular weight is 246 g/mol. The number of carbonyl (C=O) groups is 1. The summed E-state index contributed by atoms with van der Waals surface area (Å²) in [6, 6.07) is 9.96. The third-order valence-corrected chi connectivity index (χ3v) is 3.04. The minimum atomic E-state index is -0.153. The van der Waals surface area contributed by atoms with Crippen LogP contribution in [0.1, 0.15) is 18.4 Å². The lowest BCUT2D eigenvalue weighted by Crippen LogP contribution is -2.32. The first-order valence-electron chi connectivity index (χ1n) is 6.21. The zero-order valence-electron chi connectivity index (χ0n) is 10.4. The minimum Gasteiger partial charge on any atom is -0.460 e. The van der Waals surface area contributed by atoms with Crippen molar-refractivity contribution in [3.8, 4) is 0 Å². The number of esters is 1. The highest BCUT2D eigenvalue weighted by Crippen LogP contribution is 2.22. The lowest BCUT2D eigenvalue weighted by Gasteiger charge is -2.26. The molecular weight excluding hydrogens is 228 g/mol. The van der Waals surface area contributed by atoms with Crippen LogP contribution in [0, 0.1) is 5.92 Å². The fourth-order valence-electron chi connectivity index (χ4n) is 2.08. The first-order chi connectivity index (χ1) is 8.78. The van der Waals surface area contributed by atoms with E-state index in [1.807, 2.05) is 36.4 Å². The van der Waals surface area contributed by atoms with Crippen LogP contribution in [0.3, 0.4) is 0 Å². The highest BCUT2D eigenvalue weighted by atomic mass is 16.6. The van der Waals surface area contributed by atoms with Gasteiger partial charge in [0.15, 0.2) is 0 Å². The molecule has 0 saturated carbocycles. The SMILES string of the molecule is C=C[C@@H]1CC(=O)O[C@@H](COCc2ccccc2)C1. The predicted molar refractivity (Wildman–Crippen MR) is 68.9 cm³/mol. The van der Waals surface area contributed by atoms with Gasteiger partial charge in [0.25, 0.3) is 0 Å². The Balaban J connectivity index is 1.76. The number of carbonyl (C=O) groups excluding carboxylic acids is 1. The summed E-state index contributed by atoms with van der Waals surface area (Å²) >= 11 is 0. The maximum absolute atomic E-state index is 11.4. The Morgan fingerprint density at radius 1 is 1.39 bits per heavy atom. The van der Waals surface area contributed by atoms with Crippen molar-refractivity contribution in [3.63, 3.8) is 0 Å². The first-order valence-corrected chi connectivity index (χ1v) is 6.21. The molecule has 0 N–H and O–H groups in total. The van der Waals surface area contributed by atoms with Gasteiger partial charge in [-0.1, -0.05) is 36.4 Å². The molecule has 0 amide bonds. The summed E-state index contributed by atoms with van der Waals surface area (Å²) in [5.74, 6) is 0.0658. The number of benzene rings is 1. The zero-order chi connectivity index (χ0) is 12.8. The molecular formula is C15H18O3. The van der Waals surface area contributed by atoms with Gasteiger partial charge in [-0.05, 0) is 17.9 Å². The second-order valence-electron chi connectivity index (χ2n) is 4.55. The van der Waals surface area contributed by atoms with E-state index in [1.54, 1.807) is 0 Å². The second-order valence-corrected chi connectivity index (χ2v) is 4.55. The Labute approximate surface area is 107 Å². The van der Waals surface area contributed by atoms with Crippen LogP contribution in [-0.2, 0) is 20.9 Å². The largest absolute Gasteiger partial charge is 0.460 e. The molecule has 18 heavy (non-hydrogen) atoms. The fraction of sp³-hybridized carbons (Fsp3) is 0.400. The molecule has 0 spiro atoms. The smallest absolute Gasteiger partial charge is 0.306 e. The first kappa shape index (κ1) is 12.8. The van der Waals surface area contributed by atoms with Crippen molar-refractivity contribution in [2.75, 3.05) is 6.61 Å². The second kappa shape index (κ2) is 6.36. The Morgan fingerprint density at radius 2 is 2.17 bits per heavy atom. The summed E-state index contributed by atoms with van der Waals surface area (Å²) in [6.45, 7) is 4.73. The molecule has 2 rings (SSSR count). The lowest BCUT2D eigenvalue weighted by atomic mass is 9.96. The number of cyclic esters (lactones) is 1. The van der Waals surface area contributed by atoms with Crippen molar-refractivity contribution in [1.82, 2.24) is 0 Å². The third kappa shape index (κ3) is 3.70. The summed E-state index contributed by atoms with van der Waals surface area (Å²) in [5, 5.41) is 0. The van der Waals surface area contributed by atoms with Crippen LogP contribution in [0.15, 0.2) is 43.0 Å². The summed E-state index contributed by atoms with van der Waals surface area (Å²) in [4.78, 5) is 11.4. The van der Waals surface area contributed by atoms with Gasteiger partial charge >= 0.3 is 5.97 Å². The molecule has 1 aliphatic rings. The topological polar surface area (TPSA) is 35.5 Å². The number of allylic oxidation sites excluding steroid dienone is 1. The molecule has 3 heteroatoms. The van der Waals surface area contributed by atoms with Gasteiger partial charge < -0.3 is 9.47 Å². The van der Waals surface area contributed by atoms with Gasteiger partial charge in [0.1, 0.15) is 6.10 Å². The van der Waals surface area contributed by atoms with Gasteiger partial charge in [-0.25, -0.2) is 0 Å². The van der Waals surface area contributed by atoms with Gasteiger partial charge in [0, 0.05) is 0 Å². The van der Waals surface area contributed by atoms with Gasteiger partial charge in [0.05, 0.1) is 19.6 Å². The van der Waals surface area contributed by atoms with Crippen LogP contribution in [0.2, 0.25) is 0 Å². The normalized spacial score (nSPS) is 23.4. The molecule has 2 atom stereocenters. The Morgan fingerprint density at radius 3 is 2.89 bits per heavy atom. The molecule has 96 valence electrons. The zero-order valence-corrected chi connectivity index (χ0v) is 10.4. The third-order valence-electron chi connectivity index (χ3n) is 3.04. The molecule has 1 aromatic rings. The maximum atomic E-state index is 11.4. The number of ether oxygens (including phenoxy) is 2. The Kier molecular flexibility index (Phi) is 4.53. The molecule has 1 fully saturated rings. The molecule has 0 aromatic heterocycles. The highest BCUT2D eigenvalue weighted by molar-refractivity contribution is 5.71. The van der Waals surface area contributed by atoms with Crippen molar-refractivity contribution in [2.45, 2.75) is 25.6 Å². The molecule has 1 saturated heterocycles. The van der Waals surface area contributed by atoms with Crippen molar-refractivity contribution in [3.05, 3.63) is 48.6 Å². The summed E-state index contributed by atoms with van der Waals surface area (Å²) in [7, 11) is 0. The lowest BCUT2D eigenvalue weighted by molar-refractivity contribution is -0.159. The van der Waals surface area contributed by atoms with E-state index in [1.165, 1.54) is 0 Å². The van der Waals surface area contributed by atoms with Crippen molar-refractivity contribution in [1.29, 1.82) is 0 Å². The van der Waals surface area contributed by atoms with Crippen LogP contribution in [0.25, 0.3) is 0 Å². The number of hydrogen-bond acceptors (Lipinski definition) is 3. The molecule has 0 aliphatic carbocycles. The highest BCUT2D eigenvalue weighted by Gasteiger charge is 2.26. The van der Waals surface area contributed by atoms with E-state index >= 15 is 0 Å². The molecule has 1 heterocycles. The molecule has 0 radical (unpaired) electrons. The molecule has 3 nitrogen and oxygen atoms in total. The van der Waals surface area contributed by atoms with E-state index in [-0.39, 0.29) is 18.0 Å². The summed E-state index contributed by atoms with van der Waals surface area (Å²) in [5.41, 5.74) is 1.12. The number of rotatable bonds is 5. The quantitative estimate of drug-likeness (QED) is 0.592. The van der Waals surface area contributed by atoms with Crippen LogP contribution in [0.4, 0.5) is 0 Å². The van der Waals surface area contributed by atoms with Crippen LogP contribution < -0.4 is 0 Å². The molecule has 0 bridgehead atoms. The van der Waals surface area contributed by atoms with E-state index in [4.69, 9.17) is 9.47 Å². The van der Waals surface area contributed by atoms with Gasteiger partial charge in [-0.3, -0.25) is 4.79 Å². The van der Waals surface area contributed by atoms with E-state index in [2.05, 4.69) is 6.58 Å².